The summed E-state index contributed by atoms with van der Waals surface area (Å²) in [6.45, 7) is 0.760. The number of nitrogens with two attached hydrogens (primary N) is 1. The van der Waals surface area contributed by atoms with Crippen molar-refractivity contribution < 1.29 is 9.47 Å². The molecule has 1 rings (SSSR count). The fourth-order valence-corrected chi connectivity index (χ4v) is 2.23. The largest absolute Gasteiger partial charge is 0.356 e. The van der Waals surface area contributed by atoms with Crippen LogP contribution >= 0.6 is 0 Å². The Balaban J connectivity index is 2.46. The Kier molecular flexibility index (Phi) is 4.16. The van der Waals surface area contributed by atoms with Crippen molar-refractivity contribution in [2.45, 2.75) is 38.4 Å². The highest BCUT2D eigenvalue weighted by molar-refractivity contribution is 4.86. The Morgan fingerprint density at radius 3 is 2.15 bits per heavy atom. The van der Waals surface area contributed by atoms with E-state index in [1.807, 2.05) is 0 Å². The lowest BCUT2D eigenvalue weighted by Gasteiger charge is -2.30. The van der Waals surface area contributed by atoms with Crippen molar-refractivity contribution >= 4 is 0 Å². The predicted molar refractivity (Wildman–Crippen MR) is 52.4 cm³/mol. The van der Waals surface area contributed by atoms with E-state index in [1.165, 1.54) is 25.7 Å². The first-order chi connectivity index (χ1) is 6.26. The van der Waals surface area contributed by atoms with E-state index < -0.39 is 0 Å². The third-order valence-corrected chi connectivity index (χ3v) is 3.22. The van der Waals surface area contributed by atoms with Crippen molar-refractivity contribution in [3.05, 3.63) is 0 Å². The Bertz CT molecular complexity index is 140. The highest BCUT2D eigenvalue weighted by Gasteiger charge is 2.34. The van der Waals surface area contributed by atoms with Crippen LogP contribution in [0.4, 0.5) is 0 Å². The molecule has 13 heavy (non-hydrogen) atoms. The number of hydrogen-bond acceptors (Lipinski definition) is 3. The molecule has 1 saturated carbocycles. The fourth-order valence-electron chi connectivity index (χ4n) is 2.23. The standard InChI is InChI=1S/C10H21NO2/c1-12-9(13-2)7-10(8-11)5-3-4-6-10/h9H,3-8,11H2,1-2H3. The first-order valence-electron chi connectivity index (χ1n) is 5.02. The minimum Gasteiger partial charge on any atom is -0.356 e. The van der Waals surface area contributed by atoms with Gasteiger partial charge in [-0.05, 0) is 24.8 Å². The zero-order valence-electron chi connectivity index (χ0n) is 8.71. The van der Waals surface area contributed by atoms with Gasteiger partial charge in [-0.1, -0.05) is 12.8 Å². The van der Waals surface area contributed by atoms with Crippen molar-refractivity contribution in [3.63, 3.8) is 0 Å². The minimum absolute atomic E-state index is 0.0818. The molecule has 0 aromatic heterocycles. The summed E-state index contributed by atoms with van der Waals surface area (Å²) in [7, 11) is 3.38. The van der Waals surface area contributed by atoms with Crippen LogP contribution in [-0.2, 0) is 9.47 Å². The van der Waals surface area contributed by atoms with Crippen LogP contribution in [0.25, 0.3) is 0 Å². The molecule has 0 bridgehead atoms. The van der Waals surface area contributed by atoms with Crippen LogP contribution in [0.3, 0.4) is 0 Å². The number of hydrogen-bond donors (Lipinski definition) is 1. The maximum absolute atomic E-state index is 5.82. The molecule has 78 valence electrons. The third-order valence-electron chi connectivity index (χ3n) is 3.22. The number of rotatable bonds is 5. The Morgan fingerprint density at radius 1 is 1.23 bits per heavy atom. The molecule has 2 N–H and O–H groups in total. The molecule has 1 fully saturated rings. The molecule has 0 radical (unpaired) electrons. The van der Waals surface area contributed by atoms with Crippen molar-refractivity contribution in [2.75, 3.05) is 20.8 Å². The van der Waals surface area contributed by atoms with E-state index in [-0.39, 0.29) is 11.7 Å². The van der Waals surface area contributed by atoms with E-state index in [0.717, 1.165) is 13.0 Å². The Hall–Kier alpha value is -0.120. The second kappa shape index (κ2) is 4.94. The predicted octanol–water partition coefficient (Wildman–Crippen LogP) is 1.51. The normalized spacial score (nSPS) is 21.2. The van der Waals surface area contributed by atoms with Crippen molar-refractivity contribution in [1.29, 1.82) is 0 Å². The van der Waals surface area contributed by atoms with Crippen LogP contribution in [0.2, 0.25) is 0 Å². The van der Waals surface area contributed by atoms with Crippen LogP contribution < -0.4 is 5.73 Å². The first kappa shape index (κ1) is 11.0. The monoisotopic (exact) mass is 187 g/mol. The van der Waals surface area contributed by atoms with E-state index in [0.29, 0.717) is 0 Å². The Morgan fingerprint density at radius 2 is 1.77 bits per heavy atom. The van der Waals surface area contributed by atoms with Gasteiger partial charge in [0.25, 0.3) is 0 Å². The molecule has 0 spiro atoms. The lowest BCUT2D eigenvalue weighted by molar-refractivity contribution is -0.124. The van der Waals surface area contributed by atoms with Gasteiger partial charge < -0.3 is 15.2 Å². The van der Waals surface area contributed by atoms with Crippen LogP contribution in [0.5, 0.6) is 0 Å². The summed E-state index contributed by atoms with van der Waals surface area (Å²) in [5, 5.41) is 0. The SMILES string of the molecule is COC(CC1(CN)CCCC1)OC. The minimum atomic E-state index is -0.0818. The molecule has 0 aliphatic heterocycles. The van der Waals surface area contributed by atoms with E-state index in [1.54, 1.807) is 14.2 Å². The Labute approximate surface area is 80.6 Å². The molecule has 1 aliphatic rings. The lowest BCUT2D eigenvalue weighted by Crippen LogP contribution is -2.33. The lowest BCUT2D eigenvalue weighted by atomic mass is 9.82. The highest BCUT2D eigenvalue weighted by atomic mass is 16.7. The van der Waals surface area contributed by atoms with E-state index in [2.05, 4.69) is 0 Å². The molecule has 0 amide bonds. The molecular formula is C10H21NO2. The van der Waals surface area contributed by atoms with Crippen molar-refractivity contribution in [2.24, 2.45) is 11.1 Å². The highest BCUT2D eigenvalue weighted by Crippen LogP contribution is 2.41. The average Bonchev–Trinajstić information content (AvgIpc) is 2.63. The molecule has 0 heterocycles. The van der Waals surface area contributed by atoms with Gasteiger partial charge in [0.05, 0.1) is 0 Å². The maximum atomic E-state index is 5.82. The van der Waals surface area contributed by atoms with Gasteiger partial charge in [0, 0.05) is 20.6 Å². The summed E-state index contributed by atoms with van der Waals surface area (Å²) in [5.74, 6) is 0. The molecular weight excluding hydrogens is 166 g/mol. The third kappa shape index (κ3) is 2.66. The van der Waals surface area contributed by atoms with Gasteiger partial charge in [0.1, 0.15) is 0 Å². The maximum Gasteiger partial charge on any atom is 0.157 e. The molecule has 0 aromatic rings. The summed E-state index contributed by atoms with van der Waals surface area (Å²) >= 11 is 0. The fraction of sp³-hybridized carbons (Fsp3) is 1.00. The van der Waals surface area contributed by atoms with Crippen LogP contribution in [0.15, 0.2) is 0 Å². The molecule has 0 aromatic carbocycles. The van der Waals surface area contributed by atoms with Gasteiger partial charge >= 0.3 is 0 Å². The van der Waals surface area contributed by atoms with Crippen LogP contribution in [0.1, 0.15) is 32.1 Å². The topological polar surface area (TPSA) is 44.5 Å². The second-order valence-corrected chi connectivity index (χ2v) is 4.02. The second-order valence-electron chi connectivity index (χ2n) is 4.02. The molecule has 0 atom stereocenters. The van der Waals surface area contributed by atoms with Gasteiger partial charge in [-0.15, -0.1) is 0 Å². The van der Waals surface area contributed by atoms with Gasteiger partial charge in [-0.25, -0.2) is 0 Å². The van der Waals surface area contributed by atoms with Gasteiger partial charge in [0.2, 0.25) is 0 Å². The number of methoxy groups -OCH3 is 2. The quantitative estimate of drug-likeness (QED) is 0.664. The average molecular weight is 187 g/mol. The summed E-state index contributed by atoms with van der Waals surface area (Å²) in [5.41, 5.74) is 6.10. The van der Waals surface area contributed by atoms with Crippen LogP contribution in [0, 0.1) is 5.41 Å². The number of ether oxygens (including phenoxy) is 2. The molecule has 3 heteroatoms. The van der Waals surface area contributed by atoms with E-state index >= 15 is 0 Å². The summed E-state index contributed by atoms with van der Waals surface area (Å²) in [6, 6.07) is 0. The molecule has 1 aliphatic carbocycles. The van der Waals surface area contributed by atoms with Gasteiger partial charge in [-0.2, -0.15) is 0 Å². The zero-order valence-corrected chi connectivity index (χ0v) is 8.71. The summed E-state index contributed by atoms with van der Waals surface area (Å²) < 4.78 is 10.4. The summed E-state index contributed by atoms with van der Waals surface area (Å²) in [6.07, 6.45) is 5.92. The van der Waals surface area contributed by atoms with Crippen LogP contribution in [-0.4, -0.2) is 27.1 Å². The van der Waals surface area contributed by atoms with Crippen molar-refractivity contribution in [3.8, 4) is 0 Å². The first-order valence-corrected chi connectivity index (χ1v) is 5.02. The zero-order chi connectivity index (χ0) is 9.73. The molecule has 0 saturated heterocycles. The van der Waals surface area contributed by atoms with Gasteiger partial charge in [0.15, 0.2) is 6.29 Å². The van der Waals surface area contributed by atoms with E-state index in [4.69, 9.17) is 15.2 Å². The van der Waals surface area contributed by atoms with Crippen molar-refractivity contribution in [1.82, 2.24) is 0 Å². The van der Waals surface area contributed by atoms with Gasteiger partial charge in [-0.3, -0.25) is 0 Å². The molecule has 0 unspecified atom stereocenters. The van der Waals surface area contributed by atoms with E-state index in [9.17, 15) is 0 Å². The summed E-state index contributed by atoms with van der Waals surface area (Å²) in [4.78, 5) is 0. The smallest absolute Gasteiger partial charge is 0.157 e. The molecule has 3 nitrogen and oxygen atoms in total.